The molecular weight excluding hydrogens is 344 g/mol. The number of esters is 1. The summed E-state index contributed by atoms with van der Waals surface area (Å²) in [5.74, 6) is -0.167. The zero-order valence-electron chi connectivity index (χ0n) is 12.0. The SMILES string of the molecule is COC(=O)CCc1csc(NC(=O)CSc2nnc(C)s2)n1. The number of nitrogens with one attached hydrogen (secondary N) is 1. The van der Waals surface area contributed by atoms with Gasteiger partial charge in [-0.05, 0) is 6.92 Å². The second-order valence-corrected chi connectivity index (χ2v) is 7.41. The molecule has 0 unspecified atom stereocenters. The van der Waals surface area contributed by atoms with Crippen LogP contribution in [0.4, 0.5) is 5.13 Å². The summed E-state index contributed by atoms with van der Waals surface area (Å²) in [7, 11) is 1.35. The molecule has 10 heteroatoms. The van der Waals surface area contributed by atoms with Crippen molar-refractivity contribution in [1.82, 2.24) is 15.2 Å². The number of aromatic nitrogens is 3. The van der Waals surface area contributed by atoms with Gasteiger partial charge in [0, 0.05) is 11.8 Å². The number of hydrogen-bond acceptors (Lipinski definition) is 9. The van der Waals surface area contributed by atoms with E-state index in [0.717, 1.165) is 15.0 Å². The monoisotopic (exact) mass is 358 g/mol. The quantitative estimate of drug-likeness (QED) is 0.598. The number of anilines is 1. The van der Waals surface area contributed by atoms with Crippen molar-refractivity contribution in [2.24, 2.45) is 0 Å². The van der Waals surface area contributed by atoms with Crippen molar-refractivity contribution in [3.05, 3.63) is 16.1 Å². The van der Waals surface area contributed by atoms with Crippen LogP contribution in [0.25, 0.3) is 0 Å². The zero-order chi connectivity index (χ0) is 15.9. The number of hydrogen-bond donors (Lipinski definition) is 1. The Morgan fingerprint density at radius 3 is 2.91 bits per heavy atom. The molecule has 0 saturated carbocycles. The fourth-order valence-electron chi connectivity index (χ4n) is 1.43. The van der Waals surface area contributed by atoms with E-state index in [1.54, 1.807) is 0 Å². The normalized spacial score (nSPS) is 10.5. The van der Waals surface area contributed by atoms with Crippen molar-refractivity contribution >= 4 is 51.4 Å². The molecule has 2 aromatic heterocycles. The first kappa shape index (κ1) is 16.8. The molecule has 2 aromatic rings. The number of nitrogens with zero attached hydrogens (tertiary/aromatic N) is 3. The number of carbonyl (C=O) groups excluding carboxylic acids is 2. The summed E-state index contributed by atoms with van der Waals surface area (Å²) in [6, 6.07) is 0. The minimum Gasteiger partial charge on any atom is -0.469 e. The van der Waals surface area contributed by atoms with Crippen molar-refractivity contribution in [2.45, 2.75) is 24.1 Å². The number of ether oxygens (including phenoxy) is 1. The molecule has 0 aromatic carbocycles. The van der Waals surface area contributed by atoms with Crippen LogP contribution in [0.2, 0.25) is 0 Å². The number of carbonyl (C=O) groups is 2. The van der Waals surface area contributed by atoms with Gasteiger partial charge in [0.2, 0.25) is 5.91 Å². The van der Waals surface area contributed by atoms with Crippen LogP contribution in [0.15, 0.2) is 9.72 Å². The van der Waals surface area contributed by atoms with E-state index in [2.05, 4.69) is 25.2 Å². The van der Waals surface area contributed by atoms with E-state index in [4.69, 9.17) is 0 Å². The Balaban J connectivity index is 1.77. The topological polar surface area (TPSA) is 94.1 Å². The third-order valence-corrected chi connectivity index (χ3v) is 5.22. The van der Waals surface area contributed by atoms with Crippen LogP contribution in [-0.2, 0) is 20.7 Å². The molecule has 2 heterocycles. The average Bonchev–Trinajstić information content (AvgIpc) is 3.11. The van der Waals surface area contributed by atoms with Gasteiger partial charge in [0.25, 0.3) is 0 Å². The molecule has 0 aliphatic rings. The molecule has 0 bridgehead atoms. The number of amides is 1. The summed E-state index contributed by atoms with van der Waals surface area (Å²) in [4.78, 5) is 27.2. The van der Waals surface area contributed by atoms with Crippen molar-refractivity contribution in [3.8, 4) is 0 Å². The van der Waals surface area contributed by atoms with Gasteiger partial charge in [0.15, 0.2) is 9.47 Å². The number of methoxy groups -OCH3 is 1. The summed E-state index contributed by atoms with van der Waals surface area (Å²) in [6.07, 6.45) is 0.776. The summed E-state index contributed by atoms with van der Waals surface area (Å²) < 4.78 is 5.34. The summed E-state index contributed by atoms with van der Waals surface area (Å²) in [5, 5.41) is 13.8. The first-order valence-electron chi connectivity index (χ1n) is 6.31. The molecule has 1 N–H and O–H groups in total. The Labute approximate surface area is 139 Å². The molecule has 22 heavy (non-hydrogen) atoms. The van der Waals surface area contributed by atoms with E-state index >= 15 is 0 Å². The number of rotatable bonds is 7. The maximum atomic E-state index is 11.8. The molecule has 0 aliphatic carbocycles. The van der Waals surface area contributed by atoms with Gasteiger partial charge >= 0.3 is 5.97 Å². The maximum absolute atomic E-state index is 11.8. The minimum atomic E-state index is -0.276. The Morgan fingerprint density at radius 2 is 2.23 bits per heavy atom. The zero-order valence-corrected chi connectivity index (χ0v) is 14.4. The standard InChI is InChI=1S/C12H14N4O3S3/c1-7-15-16-12(22-7)21-6-9(17)14-11-13-8(5-20-11)3-4-10(18)19-2/h5H,3-4,6H2,1-2H3,(H,13,14,17). The van der Waals surface area contributed by atoms with Crippen molar-refractivity contribution < 1.29 is 14.3 Å². The number of thioether (sulfide) groups is 1. The molecule has 0 fully saturated rings. The van der Waals surface area contributed by atoms with Crippen LogP contribution >= 0.6 is 34.4 Å². The van der Waals surface area contributed by atoms with E-state index in [1.165, 1.54) is 41.5 Å². The van der Waals surface area contributed by atoms with Crippen LogP contribution in [0, 0.1) is 6.92 Å². The lowest BCUT2D eigenvalue weighted by Gasteiger charge is -1.99. The molecule has 0 aliphatic heterocycles. The van der Waals surface area contributed by atoms with Crippen LogP contribution < -0.4 is 5.32 Å². The van der Waals surface area contributed by atoms with Gasteiger partial charge < -0.3 is 10.1 Å². The Hall–Kier alpha value is -1.52. The third-order valence-electron chi connectivity index (χ3n) is 2.45. The summed E-state index contributed by atoms with van der Waals surface area (Å²) in [6.45, 7) is 1.87. The first-order valence-corrected chi connectivity index (χ1v) is 8.99. The first-order chi connectivity index (χ1) is 10.6. The minimum absolute atomic E-state index is 0.147. The fourth-order valence-corrected chi connectivity index (χ4v) is 3.81. The predicted octanol–water partition coefficient (Wildman–Crippen LogP) is 2.14. The maximum Gasteiger partial charge on any atom is 0.305 e. The van der Waals surface area contributed by atoms with Crippen LogP contribution in [0.1, 0.15) is 17.1 Å². The van der Waals surface area contributed by atoms with Gasteiger partial charge in [-0.25, -0.2) is 4.98 Å². The van der Waals surface area contributed by atoms with Gasteiger partial charge in [-0.3, -0.25) is 9.59 Å². The lowest BCUT2D eigenvalue weighted by atomic mass is 10.2. The van der Waals surface area contributed by atoms with Gasteiger partial charge in [-0.2, -0.15) is 0 Å². The smallest absolute Gasteiger partial charge is 0.305 e. The Bertz CT molecular complexity index is 656. The molecule has 2 rings (SSSR count). The largest absolute Gasteiger partial charge is 0.469 e. The third kappa shape index (κ3) is 5.35. The van der Waals surface area contributed by atoms with Crippen LogP contribution in [0.3, 0.4) is 0 Å². The van der Waals surface area contributed by atoms with Gasteiger partial charge in [-0.1, -0.05) is 23.1 Å². The van der Waals surface area contributed by atoms with Gasteiger partial charge in [0.1, 0.15) is 5.01 Å². The molecule has 7 nitrogen and oxygen atoms in total. The van der Waals surface area contributed by atoms with E-state index in [1.807, 2.05) is 12.3 Å². The van der Waals surface area contributed by atoms with Crippen LogP contribution in [0.5, 0.6) is 0 Å². The highest BCUT2D eigenvalue weighted by atomic mass is 32.2. The van der Waals surface area contributed by atoms with E-state index in [9.17, 15) is 9.59 Å². The van der Waals surface area contributed by atoms with Crippen molar-refractivity contribution in [2.75, 3.05) is 18.2 Å². The molecule has 0 saturated heterocycles. The highest BCUT2D eigenvalue weighted by Crippen LogP contribution is 2.22. The molecular formula is C12H14N4O3S3. The molecule has 0 atom stereocenters. The predicted molar refractivity (Wildman–Crippen MR) is 86.5 cm³/mol. The molecule has 0 radical (unpaired) electrons. The summed E-state index contributed by atoms with van der Waals surface area (Å²) in [5.41, 5.74) is 0.762. The lowest BCUT2D eigenvalue weighted by Crippen LogP contribution is -2.13. The van der Waals surface area contributed by atoms with Crippen molar-refractivity contribution in [1.29, 1.82) is 0 Å². The van der Waals surface area contributed by atoms with Gasteiger partial charge in [0.05, 0.1) is 25.0 Å². The molecule has 118 valence electrons. The highest BCUT2D eigenvalue weighted by Gasteiger charge is 2.10. The second-order valence-electron chi connectivity index (χ2n) is 4.14. The van der Waals surface area contributed by atoms with E-state index in [0.29, 0.717) is 11.6 Å². The van der Waals surface area contributed by atoms with Gasteiger partial charge in [-0.15, -0.1) is 21.5 Å². The number of thiazole rings is 1. The fraction of sp³-hybridized carbons (Fsp3) is 0.417. The Kier molecular flexibility index (Phi) is 6.28. The van der Waals surface area contributed by atoms with E-state index < -0.39 is 0 Å². The second kappa shape index (κ2) is 8.20. The van der Waals surface area contributed by atoms with E-state index in [-0.39, 0.29) is 24.1 Å². The van der Waals surface area contributed by atoms with Crippen molar-refractivity contribution in [3.63, 3.8) is 0 Å². The average molecular weight is 358 g/mol. The summed E-state index contributed by atoms with van der Waals surface area (Å²) >= 11 is 4.13. The molecule has 0 spiro atoms. The Morgan fingerprint density at radius 1 is 1.41 bits per heavy atom. The number of aryl methyl sites for hydroxylation is 2. The lowest BCUT2D eigenvalue weighted by molar-refractivity contribution is -0.140. The molecule has 1 amide bonds. The van der Waals surface area contributed by atoms with Crippen LogP contribution in [-0.4, -0.2) is 39.9 Å². The highest BCUT2D eigenvalue weighted by molar-refractivity contribution is 8.01.